The lowest BCUT2D eigenvalue weighted by Crippen LogP contribution is -2.13. The molecular formula is C15H20BrN3O2. The van der Waals surface area contributed by atoms with Crippen LogP contribution in [0.5, 0.6) is 5.75 Å². The molecule has 2 rings (SSSR count). The fourth-order valence-electron chi connectivity index (χ4n) is 1.81. The van der Waals surface area contributed by atoms with Gasteiger partial charge in [-0.05, 0) is 46.6 Å². The molecule has 114 valence electrons. The van der Waals surface area contributed by atoms with E-state index in [1.165, 1.54) is 5.56 Å². The Labute approximate surface area is 133 Å². The fourth-order valence-corrected chi connectivity index (χ4v) is 2.35. The number of aromatic nitrogens is 2. The molecule has 6 heteroatoms. The number of halogens is 1. The van der Waals surface area contributed by atoms with E-state index in [0.29, 0.717) is 11.7 Å². The minimum Gasteiger partial charge on any atom is -0.483 e. The minimum absolute atomic E-state index is 0.277. The van der Waals surface area contributed by atoms with Crippen LogP contribution in [0.1, 0.15) is 37.5 Å². The summed E-state index contributed by atoms with van der Waals surface area (Å²) in [7, 11) is 0. The van der Waals surface area contributed by atoms with Gasteiger partial charge in [0.15, 0.2) is 12.4 Å². The minimum atomic E-state index is 0.277. The van der Waals surface area contributed by atoms with Gasteiger partial charge in [-0.1, -0.05) is 25.1 Å². The van der Waals surface area contributed by atoms with E-state index in [-0.39, 0.29) is 6.61 Å². The molecule has 0 aliphatic carbocycles. The second-order valence-electron chi connectivity index (χ2n) is 4.69. The summed E-state index contributed by atoms with van der Waals surface area (Å²) >= 11 is 3.53. The highest BCUT2D eigenvalue weighted by Gasteiger charge is 2.08. The lowest BCUT2D eigenvalue weighted by molar-refractivity contribution is 0.241. The first-order chi connectivity index (χ1) is 10.2. The van der Waals surface area contributed by atoms with Gasteiger partial charge in [0.25, 0.3) is 5.89 Å². The van der Waals surface area contributed by atoms with Crippen LogP contribution in [0, 0.1) is 0 Å². The summed E-state index contributed by atoms with van der Waals surface area (Å²) in [6.45, 7) is 6.29. The predicted octanol–water partition coefficient (Wildman–Crippen LogP) is 3.47. The van der Waals surface area contributed by atoms with Crippen molar-refractivity contribution in [3.63, 3.8) is 0 Å². The van der Waals surface area contributed by atoms with Crippen molar-refractivity contribution in [2.75, 3.05) is 6.54 Å². The second kappa shape index (κ2) is 8.14. The molecular weight excluding hydrogens is 334 g/mol. The van der Waals surface area contributed by atoms with Crippen LogP contribution in [0.15, 0.2) is 27.2 Å². The first-order valence-electron chi connectivity index (χ1n) is 7.16. The van der Waals surface area contributed by atoms with Crippen LogP contribution in [-0.4, -0.2) is 16.7 Å². The molecule has 0 aliphatic heterocycles. The molecule has 0 unspecified atom stereocenters. The maximum Gasteiger partial charge on any atom is 0.264 e. The molecule has 0 saturated carbocycles. The van der Waals surface area contributed by atoms with Crippen LogP contribution in [-0.2, 0) is 19.6 Å². The van der Waals surface area contributed by atoms with Crippen molar-refractivity contribution in [1.29, 1.82) is 0 Å². The molecule has 0 radical (unpaired) electrons. The molecule has 0 spiro atoms. The standard InChI is InChI=1S/C15H20BrN3O2/c1-3-7-17-9-11-5-6-13(12(16)8-11)20-10-15-18-14(4-2)19-21-15/h5-6,8,17H,3-4,7,9-10H2,1-2H3. The highest BCUT2D eigenvalue weighted by Crippen LogP contribution is 2.26. The highest BCUT2D eigenvalue weighted by atomic mass is 79.9. The Morgan fingerprint density at radius 1 is 1.33 bits per heavy atom. The zero-order valence-corrected chi connectivity index (χ0v) is 13.9. The van der Waals surface area contributed by atoms with Crippen molar-refractivity contribution in [2.24, 2.45) is 0 Å². The van der Waals surface area contributed by atoms with Crippen molar-refractivity contribution >= 4 is 15.9 Å². The van der Waals surface area contributed by atoms with Crippen LogP contribution >= 0.6 is 15.9 Å². The molecule has 0 aliphatic rings. The second-order valence-corrected chi connectivity index (χ2v) is 5.54. The Morgan fingerprint density at radius 2 is 2.19 bits per heavy atom. The average Bonchev–Trinajstić information content (AvgIpc) is 2.95. The summed E-state index contributed by atoms with van der Waals surface area (Å²) < 4.78 is 11.7. The number of rotatable bonds is 8. The zero-order chi connectivity index (χ0) is 15.1. The molecule has 0 atom stereocenters. The van der Waals surface area contributed by atoms with Gasteiger partial charge in [-0.15, -0.1) is 0 Å². The first-order valence-corrected chi connectivity index (χ1v) is 7.95. The SMILES string of the molecule is CCCNCc1ccc(OCc2nc(CC)no2)c(Br)c1. The van der Waals surface area contributed by atoms with Gasteiger partial charge in [-0.2, -0.15) is 4.98 Å². The van der Waals surface area contributed by atoms with Gasteiger partial charge in [0, 0.05) is 13.0 Å². The molecule has 1 heterocycles. The number of ether oxygens (including phenoxy) is 1. The third-order valence-electron chi connectivity index (χ3n) is 2.93. The van der Waals surface area contributed by atoms with E-state index in [9.17, 15) is 0 Å². The third-order valence-corrected chi connectivity index (χ3v) is 3.55. The van der Waals surface area contributed by atoms with Gasteiger partial charge >= 0.3 is 0 Å². The number of benzene rings is 1. The average molecular weight is 354 g/mol. The maximum absolute atomic E-state index is 5.70. The quantitative estimate of drug-likeness (QED) is 0.736. The maximum atomic E-state index is 5.70. The highest BCUT2D eigenvalue weighted by molar-refractivity contribution is 9.10. The van der Waals surface area contributed by atoms with Crippen molar-refractivity contribution in [2.45, 2.75) is 39.8 Å². The lowest BCUT2D eigenvalue weighted by Gasteiger charge is -2.08. The van der Waals surface area contributed by atoms with Crippen molar-refractivity contribution < 1.29 is 9.26 Å². The number of nitrogens with one attached hydrogen (secondary N) is 1. The van der Waals surface area contributed by atoms with E-state index >= 15 is 0 Å². The Balaban J connectivity index is 1.91. The lowest BCUT2D eigenvalue weighted by atomic mass is 10.2. The molecule has 2 aromatic rings. The third kappa shape index (κ3) is 4.82. The van der Waals surface area contributed by atoms with Crippen LogP contribution in [0.3, 0.4) is 0 Å². The van der Waals surface area contributed by atoms with E-state index in [2.05, 4.69) is 44.4 Å². The van der Waals surface area contributed by atoms with Crippen LogP contribution < -0.4 is 10.1 Å². The summed E-state index contributed by atoms with van der Waals surface area (Å²) in [5.74, 6) is 1.96. The Hall–Kier alpha value is -1.40. The largest absolute Gasteiger partial charge is 0.483 e. The van der Waals surface area contributed by atoms with Crippen LogP contribution in [0.2, 0.25) is 0 Å². The summed E-state index contributed by atoms with van der Waals surface area (Å²) in [6, 6.07) is 6.06. The molecule has 1 aromatic carbocycles. The van der Waals surface area contributed by atoms with Crippen LogP contribution in [0.4, 0.5) is 0 Å². The van der Waals surface area contributed by atoms with Gasteiger partial charge in [0.05, 0.1) is 4.47 Å². The summed E-state index contributed by atoms with van der Waals surface area (Å²) in [4.78, 5) is 4.21. The number of hydrogen-bond acceptors (Lipinski definition) is 5. The van der Waals surface area contributed by atoms with Gasteiger partial charge in [-0.3, -0.25) is 0 Å². The van der Waals surface area contributed by atoms with Crippen molar-refractivity contribution in [3.8, 4) is 5.75 Å². The number of aryl methyl sites for hydroxylation is 1. The van der Waals surface area contributed by atoms with Crippen LogP contribution in [0.25, 0.3) is 0 Å². The van der Waals surface area contributed by atoms with E-state index in [1.807, 2.05) is 19.1 Å². The molecule has 0 saturated heterocycles. The molecule has 0 fully saturated rings. The fraction of sp³-hybridized carbons (Fsp3) is 0.467. The smallest absolute Gasteiger partial charge is 0.264 e. The molecule has 0 bridgehead atoms. The van der Waals surface area contributed by atoms with Crippen molar-refractivity contribution in [3.05, 3.63) is 40.0 Å². The predicted molar refractivity (Wildman–Crippen MR) is 84.1 cm³/mol. The summed E-state index contributed by atoms with van der Waals surface area (Å²) in [5.41, 5.74) is 1.22. The van der Waals surface area contributed by atoms with E-state index in [1.54, 1.807) is 0 Å². The normalized spacial score (nSPS) is 10.8. The van der Waals surface area contributed by atoms with E-state index < -0.39 is 0 Å². The molecule has 1 aromatic heterocycles. The summed E-state index contributed by atoms with van der Waals surface area (Å²) in [5, 5.41) is 7.21. The van der Waals surface area contributed by atoms with Gasteiger partial charge in [0.1, 0.15) is 5.75 Å². The topological polar surface area (TPSA) is 60.2 Å². The Morgan fingerprint density at radius 3 is 2.86 bits per heavy atom. The number of nitrogens with zero attached hydrogens (tertiary/aromatic N) is 2. The zero-order valence-electron chi connectivity index (χ0n) is 12.4. The Bertz CT molecular complexity index is 572. The number of hydrogen-bond donors (Lipinski definition) is 1. The molecule has 21 heavy (non-hydrogen) atoms. The first kappa shape index (κ1) is 16.0. The molecule has 1 N–H and O–H groups in total. The van der Waals surface area contributed by atoms with Crippen molar-refractivity contribution in [1.82, 2.24) is 15.5 Å². The van der Waals surface area contributed by atoms with Gasteiger partial charge in [0.2, 0.25) is 0 Å². The molecule has 0 amide bonds. The Kier molecular flexibility index (Phi) is 6.20. The van der Waals surface area contributed by atoms with Gasteiger partial charge in [-0.25, -0.2) is 0 Å². The van der Waals surface area contributed by atoms with Gasteiger partial charge < -0.3 is 14.6 Å². The molecule has 5 nitrogen and oxygen atoms in total. The summed E-state index contributed by atoms with van der Waals surface area (Å²) in [6.07, 6.45) is 1.89. The monoisotopic (exact) mass is 353 g/mol. The van der Waals surface area contributed by atoms with E-state index in [4.69, 9.17) is 9.26 Å². The van der Waals surface area contributed by atoms with E-state index in [0.717, 1.165) is 36.2 Å².